The van der Waals surface area contributed by atoms with Gasteiger partial charge in [-0.25, -0.2) is 0 Å². The fourth-order valence-electron chi connectivity index (χ4n) is 1.43. The van der Waals surface area contributed by atoms with Crippen molar-refractivity contribution in [3.63, 3.8) is 0 Å². The molecule has 0 aliphatic carbocycles. The number of hydrogen-bond acceptors (Lipinski definition) is 2. The monoisotopic (exact) mass is 274 g/mol. The number of benzene rings is 1. The van der Waals surface area contributed by atoms with Crippen LogP contribution < -0.4 is 11.1 Å². The van der Waals surface area contributed by atoms with Crippen molar-refractivity contribution in [2.45, 2.75) is 26.3 Å². The van der Waals surface area contributed by atoms with Crippen molar-refractivity contribution in [1.29, 1.82) is 0 Å². The van der Waals surface area contributed by atoms with Gasteiger partial charge in [-0.3, -0.25) is 4.79 Å². The Morgan fingerprint density at radius 2 is 2.06 bits per heavy atom. The molecule has 3 nitrogen and oxygen atoms in total. The lowest BCUT2D eigenvalue weighted by Gasteiger charge is -2.14. The second-order valence-electron chi connectivity index (χ2n) is 4.35. The second kappa shape index (κ2) is 6.24. The van der Waals surface area contributed by atoms with Crippen LogP contribution in [-0.2, 0) is 4.79 Å². The molecule has 0 unspecified atom stereocenters. The molecular formula is C12H16Cl2N2O. The summed E-state index contributed by atoms with van der Waals surface area (Å²) in [4.78, 5) is 11.8. The predicted octanol–water partition coefficient (Wildman–Crippen LogP) is 3.31. The molecule has 94 valence electrons. The van der Waals surface area contributed by atoms with E-state index in [4.69, 9.17) is 28.9 Å². The topological polar surface area (TPSA) is 55.1 Å². The SMILES string of the molecule is CC(C)C[C@H](N)C(=O)Nc1ccc(Cl)cc1Cl. The Hall–Kier alpha value is -0.770. The van der Waals surface area contributed by atoms with Crippen LogP contribution in [0.25, 0.3) is 0 Å². The predicted molar refractivity (Wildman–Crippen MR) is 72.5 cm³/mol. The third-order valence-corrected chi connectivity index (χ3v) is 2.80. The van der Waals surface area contributed by atoms with E-state index in [-0.39, 0.29) is 5.91 Å². The molecule has 0 saturated carbocycles. The van der Waals surface area contributed by atoms with E-state index in [2.05, 4.69) is 5.32 Å². The summed E-state index contributed by atoms with van der Waals surface area (Å²) in [5, 5.41) is 3.62. The number of rotatable bonds is 4. The van der Waals surface area contributed by atoms with Crippen LogP contribution in [0.15, 0.2) is 18.2 Å². The maximum atomic E-state index is 11.8. The van der Waals surface area contributed by atoms with Gasteiger partial charge in [-0.15, -0.1) is 0 Å². The van der Waals surface area contributed by atoms with Crippen LogP contribution in [0.1, 0.15) is 20.3 Å². The number of carbonyl (C=O) groups is 1. The quantitative estimate of drug-likeness (QED) is 0.885. The van der Waals surface area contributed by atoms with Crippen molar-refractivity contribution >= 4 is 34.8 Å². The summed E-state index contributed by atoms with van der Waals surface area (Å²) in [5.74, 6) is 0.138. The van der Waals surface area contributed by atoms with E-state index in [0.717, 1.165) is 0 Å². The van der Waals surface area contributed by atoms with Gasteiger partial charge in [-0.05, 0) is 30.5 Å². The lowest BCUT2D eigenvalue weighted by atomic mass is 10.0. The van der Waals surface area contributed by atoms with E-state index in [0.29, 0.717) is 28.1 Å². The van der Waals surface area contributed by atoms with Gasteiger partial charge < -0.3 is 11.1 Å². The van der Waals surface area contributed by atoms with Gasteiger partial charge in [0.25, 0.3) is 0 Å². The van der Waals surface area contributed by atoms with Crippen LogP contribution in [0.4, 0.5) is 5.69 Å². The zero-order valence-electron chi connectivity index (χ0n) is 9.84. The molecule has 3 N–H and O–H groups in total. The Labute approximate surface area is 111 Å². The number of amides is 1. The van der Waals surface area contributed by atoms with E-state index < -0.39 is 6.04 Å². The molecular weight excluding hydrogens is 259 g/mol. The van der Waals surface area contributed by atoms with Gasteiger partial charge in [0.05, 0.1) is 16.8 Å². The molecule has 5 heteroatoms. The van der Waals surface area contributed by atoms with E-state index in [1.54, 1.807) is 18.2 Å². The Bertz CT molecular complexity index is 407. The van der Waals surface area contributed by atoms with E-state index >= 15 is 0 Å². The van der Waals surface area contributed by atoms with Crippen LogP contribution in [0, 0.1) is 5.92 Å². The molecule has 0 aliphatic heterocycles. The van der Waals surface area contributed by atoms with Gasteiger partial charge in [0.15, 0.2) is 0 Å². The molecule has 1 atom stereocenters. The molecule has 0 fully saturated rings. The van der Waals surface area contributed by atoms with Crippen LogP contribution in [-0.4, -0.2) is 11.9 Å². The highest BCUT2D eigenvalue weighted by Crippen LogP contribution is 2.25. The number of carbonyl (C=O) groups excluding carboxylic acids is 1. The molecule has 0 spiro atoms. The van der Waals surface area contributed by atoms with Crippen molar-refractivity contribution < 1.29 is 4.79 Å². The minimum absolute atomic E-state index is 0.233. The number of anilines is 1. The standard InChI is InChI=1S/C12H16Cl2N2O/c1-7(2)5-10(15)12(17)16-11-4-3-8(13)6-9(11)14/h3-4,6-7,10H,5,15H2,1-2H3,(H,16,17)/t10-/m0/s1. The summed E-state index contributed by atoms with van der Waals surface area (Å²) in [7, 11) is 0. The summed E-state index contributed by atoms with van der Waals surface area (Å²) in [5.41, 5.74) is 6.29. The summed E-state index contributed by atoms with van der Waals surface area (Å²) in [6, 6.07) is 4.37. The molecule has 1 amide bonds. The number of halogens is 2. The van der Waals surface area contributed by atoms with Gasteiger partial charge in [0.1, 0.15) is 0 Å². The molecule has 1 rings (SSSR count). The number of hydrogen-bond donors (Lipinski definition) is 2. The summed E-state index contributed by atoms with van der Waals surface area (Å²) >= 11 is 11.7. The lowest BCUT2D eigenvalue weighted by molar-refractivity contribution is -0.117. The maximum Gasteiger partial charge on any atom is 0.241 e. The van der Waals surface area contributed by atoms with Gasteiger partial charge >= 0.3 is 0 Å². The first-order chi connectivity index (χ1) is 7.90. The van der Waals surface area contributed by atoms with E-state index in [1.807, 2.05) is 13.8 Å². The zero-order valence-corrected chi connectivity index (χ0v) is 11.3. The molecule has 0 heterocycles. The molecule has 1 aromatic carbocycles. The highest BCUT2D eigenvalue weighted by atomic mass is 35.5. The average molecular weight is 275 g/mol. The molecule has 0 aromatic heterocycles. The van der Waals surface area contributed by atoms with Gasteiger partial charge in [0, 0.05) is 5.02 Å². The van der Waals surface area contributed by atoms with Crippen molar-refractivity contribution in [3.05, 3.63) is 28.2 Å². The van der Waals surface area contributed by atoms with Crippen LogP contribution in [0.2, 0.25) is 10.0 Å². The van der Waals surface area contributed by atoms with Crippen molar-refractivity contribution in [2.75, 3.05) is 5.32 Å². The maximum absolute atomic E-state index is 11.8. The van der Waals surface area contributed by atoms with Gasteiger partial charge in [-0.1, -0.05) is 37.0 Å². The molecule has 0 saturated heterocycles. The second-order valence-corrected chi connectivity index (χ2v) is 5.19. The van der Waals surface area contributed by atoms with E-state index in [1.165, 1.54) is 0 Å². The Balaban J connectivity index is 2.67. The Kier molecular flexibility index (Phi) is 5.25. The van der Waals surface area contributed by atoms with Gasteiger partial charge in [0.2, 0.25) is 5.91 Å². The van der Waals surface area contributed by atoms with Crippen molar-refractivity contribution in [2.24, 2.45) is 11.7 Å². The first kappa shape index (κ1) is 14.3. The van der Waals surface area contributed by atoms with Crippen molar-refractivity contribution in [3.8, 4) is 0 Å². The highest BCUT2D eigenvalue weighted by molar-refractivity contribution is 6.36. The summed E-state index contributed by atoms with van der Waals surface area (Å²) in [6.07, 6.45) is 0.636. The first-order valence-electron chi connectivity index (χ1n) is 5.41. The minimum atomic E-state index is -0.526. The normalized spacial score (nSPS) is 12.6. The third-order valence-electron chi connectivity index (χ3n) is 2.25. The molecule has 0 bridgehead atoms. The largest absolute Gasteiger partial charge is 0.323 e. The Morgan fingerprint density at radius 1 is 1.41 bits per heavy atom. The third kappa shape index (κ3) is 4.54. The molecule has 0 aliphatic rings. The average Bonchev–Trinajstić information content (AvgIpc) is 2.21. The van der Waals surface area contributed by atoms with Crippen molar-refractivity contribution in [1.82, 2.24) is 0 Å². The van der Waals surface area contributed by atoms with Crippen LogP contribution in [0.3, 0.4) is 0 Å². The first-order valence-corrected chi connectivity index (χ1v) is 6.17. The Morgan fingerprint density at radius 3 is 2.59 bits per heavy atom. The van der Waals surface area contributed by atoms with Crippen LogP contribution in [0.5, 0.6) is 0 Å². The molecule has 1 aromatic rings. The van der Waals surface area contributed by atoms with Gasteiger partial charge in [-0.2, -0.15) is 0 Å². The highest BCUT2D eigenvalue weighted by Gasteiger charge is 2.16. The fraction of sp³-hybridized carbons (Fsp3) is 0.417. The summed E-state index contributed by atoms with van der Waals surface area (Å²) in [6.45, 7) is 4.03. The smallest absolute Gasteiger partial charge is 0.241 e. The summed E-state index contributed by atoms with van der Waals surface area (Å²) < 4.78 is 0. The van der Waals surface area contributed by atoms with Crippen LogP contribution >= 0.6 is 23.2 Å². The molecule has 17 heavy (non-hydrogen) atoms. The number of nitrogens with one attached hydrogen (secondary N) is 1. The van der Waals surface area contributed by atoms with E-state index in [9.17, 15) is 4.79 Å². The zero-order chi connectivity index (χ0) is 13.0. The minimum Gasteiger partial charge on any atom is -0.323 e. The molecule has 0 radical (unpaired) electrons. The lowest BCUT2D eigenvalue weighted by Crippen LogP contribution is -2.36. The fourth-order valence-corrected chi connectivity index (χ4v) is 1.89. The number of nitrogens with two attached hydrogens (primary N) is 1.